The summed E-state index contributed by atoms with van der Waals surface area (Å²) in [5, 5.41) is 11.2. The molecule has 0 spiro atoms. The Kier molecular flexibility index (Phi) is 3.12. The first-order valence-electron chi connectivity index (χ1n) is 4.71. The molecule has 1 rings (SSSR count). The maximum absolute atomic E-state index is 11.2. The number of carbonyl (C=O) groups is 1. The van der Waals surface area contributed by atoms with E-state index in [1.807, 2.05) is 6.07 Å². The molecule has 0 aliphatic heterocycles. The molecule has 4 heteroatoms. The fourth-order valence-electron chi connectivity index (χ4n) is 1.85. The second-order valence-corrected chi connectivity index (χ2v) is 4.24. The Hall–Kier alpha value is -1.08. The minimum atomic E-state index is -0.194. The predicted molar refractivity (Wildman–Crippen MR) is 51.4 cm³/mol. The van der Waals surface area contributed by atoms with Gasteiger partial charge in [-0.15, -0.1) is 0 Å². The lowest BCUT2D eigenvalue weighted by Crippen LogP contribution is -2.61. The molecule has 1 saturated carbocycles. The molecule has 78 valence electrons. The van der Waals surface area contributed by atoms with Gasteiger partial charge in [-0.2, -0.15) is 5.26 Å². The largest absolute Gasteiger partial charge is 0.381 e. The smallest absolute Gasteiger partial charge is 0.234 e. The van der Waals surface area contributed by atoms with E-state index in [-0.39, 0.29) is 29.9 Å². The Morgan fingerprint density at radius 2 is 2.36 bits per heavy atom. The highest BCUT2D eigenvalue weighted by Crippen LogP contribution is 2.42. The summed E-state index contributed by atoms with van der Waals surface area (Å²) >= 11 is 0. The van der Waals surface area contributed by atoms with Crippen molar-refractivity contribution in [2.24, 2.45) is 5.41 Å². The number of hydrogen-bond acceptors (Lipinski definition) is 3. The number of nitrogens with zero attached hydrogens (tertiary/aromatic N) is 1. The van der Waals surface area contributed by atoms with Crippen molar-refractivity contribution in [3.05, 3.63) is 0 Å². The van der Waals surface area contributed by atoms with E-state index in [4.69, 9.17) is 10.00 Å². The van der Waals surface area contributed by atoms with Gasteiger partial charge in [-0.3, -0.25) is 4.79 Å². The zero-order valence-electron chi connectivity index (χ0n) is 8.83. The van der Waals surface area contributed by atoms with E-state index < -0.39 is 0 Å². The summed E-state index contributed by atoms with van der Waals surface area (Å²) in [5.74, 6) is -0.194. The lowest BCUT2D eigenvalue weighted by Gasteiger charge is -2.51. The van der Waals surface area contributed by atoms with Crippen molar-refractivity contribution in [3.63, 3.8) is 0 Å². The molecule has 0 aromatic heterocycles. The number of nitrogens with one attached hydrogen (secondary N) is 1. The Labute approximate surface area is 84.2 Å². The van der Waals surface area contributed by atoms with Gasteiger partial charge in [-0.1, -0.05) is 13.8 Å². The molecule has 0 aromatic carbocycles. The van der Waals surface area contributed by atoms with Crippen LogP contribution in [0.4, 0.5) is 0 Å². The summed E-state index contributed by atoms with van der Waals surface area (Å²) in [4.78, 5) is 11.2. The highest BCUT2D eigenvalue weighted by molar-refractivity contribution is 5.78. The number of ether oxygens (including phenoxy) is 1. The average molecular weight is 196 g/mol. The zero-order chi connectivity index (χ0) is 10.8. The second kappa shape index (κ2) is 3.97. The van der Waals surface area contributed by atoms with E-state index in [1.54, 1.807) is 7.11 Å². The van der Waals surface area contributed by atoms with Gasteiger partial charge in [0, 0.05) is 18.6 Å². The van der Waals surface area contributed by atoms with Crippen LogP contribution in [0.25, 0.3) is 0 Å². The monoisotopic (exact) mass is 196 g/mol. The van der Waals surface area contributed by atoms with Crippen LogP contribution in [0.5, 0.6) is 0 Å². The third-order valence-electron chi connectivity index (χ3n) is 3.04. The molecule has 4 nitrogen and oxygen atoms in total. The molecule has 0 heterocycles. The number of rotatable bonds is 3. The van der Waals surface area contributed by atoms with Gasteiger partial charge in [0.25, 0.3) is 0 Å². The highest BCUT2D eigenvalue weighted by Gasteiger charge is 2.49. The molecule has 0 aromatic rings. The zero-order valence-corrected chi connectivity index (χ0v) is 8.83. The van der Waals surface area contributed by atoms with Crippen LogP contribution in [0.2, 0.25) is 0 Å². The van der Waals surface area contributed by atoms with Crippen LogP contribution in [-0.2, 0) is 9.53 Å². The van der Waals surface area contributed by atoms with Crippen LogP contribution in [0.3, 0.4) is 0 Å². The summed E-state index contributed by atoms with van der Waals surface area (Å²) in [6.07, 6.45) is 0.972. The van der Waals surface area contributed by atoms with Crippen LogP contribution in [0, 0.1) is 16.7 Å². The van der Waals surface area contributed by atoms with Crippen molar-refractivity contribution in [3.8, 4) is 6.07 Å². The van der Waals surface area contributed by atoms with Crippen molar-refractivity contribution < 1.29 is 9.53 Å². The number of hydrogen-bond donors (Lipinski definition) is 1. The first kappa shape index (κ1) is 11.0. The molecule has 1 fully saturated rings. The van der Waals surface area contributed by atoms with Crippen LogP contribution >= 0.6 is 0 Å². The molecule has 2 unspecified atom stereocenters. The Morgan fingerprint density at radius 3 is 2.79 bits per heavy atom. The standard InChI is InChI=1S/C10H16N2O2/c1-10(2)7(6-8(10)14-3)12-9(13)4-5-11/h7-8H,4,6H2,1-3H3,(H,12,13). The summed E-state index contributed by atoms with van der Waals surface area (Å²) in [5.41, 5.74) is -0.0279. The van der Waals surface area contributed by atoms with Crippen molar-refractivity contribution in [1.82, 2.24) is 5.32 Å². The van der Waals surface area contributed by atoms with Gasteiger partial charge < -0.3 is 10.1 Å². The van der Waals surface area contributed by atoms with Crippen LogP contribution in [0.15, 0.2) is 0 Å². The van der Waals surface area contributed by atoms with Gasteiger partial charge in [-0.05, 0) is 6.42 Å². The lowest BCUT2D eigenvalue weighted by atomic mass is 9.64. The topological polar surface area (TPSA) is 62.1 Å². The molecule has 1 aliphatic rings. The van der Waals surface area contributed by atoms with E-state index in [1.165, 1.54) is 0 Å². The van der Waals surface area contributed by atoms with Gasteiger partial charge in [-0.25, -0.2) is 0 Å². The first-order valence-corrected chi connectivity index (χ1v) is 4.71. The summed E-state index contributed by atoms with van der Waals surface area (Å²) < 4.78 is 5.26. The SMILES string of the molecule is COC1CC(NC(=O)CC#N)C1(C)C. The Bertz CT molecular complexity index is 268. The van der Waals surface area contributed by atoms with Crippen LogP contribution in [0.1, 0.15) is 26.7 Å². The Morgan fingerprint density at radius 1 is 1.71 bits per heavy atom. The molecule has 1 N–H and O–H groups in total. The second-order valence-electron chi connectivity index (χ2n) is 4.24. The molecule has 0 bridgehead atoms. The molecule has 0 saturated heterocycles. The molecule has 0 radical (unpaired) electrons. The normalized spacial score (nSPS) is 28.7. The quantitative estimate of drug-likeness (QED) is 0.727. The fraction of sp³-hybridized carbons (Fsp3) is 0.800. The molecular weight excluding hydrogens is 180 g/mol. The third kappa shape index (κ3) is 1.88. The number of amides is 1. The van der Waals surface area contributed by atoms with Crippen molar-refractivity contribution in [2.75, 3.05) is 7.11 Å². The maximum Gasteiger partial charge on any atom is 0.234 e. The number of methoxy groups -OCH3 is 1. The van der Waals surface area contributed by atoms with Crippen molar-refractivity contribution in [1.29, 1.82) is 5.26 Å². The average Bonchev–Trinajstić information content (AvgIpc) is 2.12. The molecule has 1 aliphatic carbocycles. The van der Waals surface area contributed by atoms with Gasteiger partial charge in [0.1, 0.15) is 6.42 Å². The van der Waals surface area contributed by atoms with Crippen molar-refractivity contribution in [2.45, 2.75) is 38.8 Å². The summed E-state index contributed by atoms with van der Waals surface area (Å²) in [6, 6.07) is 1.96. The van der Waals surface area contributed by atoms with E-state index in [2.05, 4.69) is 19.2 Å². The molecule has 2 atom stereocenters. The third-order valence-corrected chi connectivity index (χ3v) is 3.04. The molecular formula is C10H16N2O2. The van der Waals surface area contributed by atoms with E-state index in [0.29, 0.717) is 0 Å². The summed E-state index contributed by atoms with van der Waals surface area (Å²) in [7, 11) is 1.68. The molecule has 14 heavy (non-hydrogen) atoms. The van der Waals surface area contributed by atoms with Gasteiger partial charge in [0.05, 0.1) is 12.2 Å². The number of nitriles is 1. The number of carbonyl (C=O) groups excluding carboxylic acids is 1. The lowest BCUT2D eigenvalue weighted by molar-refractivity contribution is -0.131. The van der Waals surface area contributed by atoms with Crippen LogP contribution in [-0.4, -0.2) is 25.2 Å². The minimum absolute atomic E-state index is 0.0279. The molecule has 1 amide bonds. The fourth-order valence-corrected chi connectivity index (χ4v) is 1.85. The summed E-state index contributed by atoms with van der Waals surface area (Å²) in [6.45, 7) is 4.12. The Balaban J connectivity index is 2.43. The van der Waals surface area contributed by atoms with Crippen LogP contribution < -0.4 is 5.32 Å². The maximum atomic E-state index is 11.2. The van der Waals surface area contributed by atoms with E-state index >= 15 is 0 Å². The van der Waals surface area contributed by atoms with Gasteiger partial charge in [0.15, 0.2) is 0 Å². The van der Waals surface area contributed by atoms with E-state index in [9.17, 15) is 4.79 Å². The van der Waals surface area contributed by atoms with Gasteiger partial charge in [0.2, 0.25) is 5.91 Å². The van der Waals surface area contributed by atoms with Gasteiger partial charge >= 0.3 is 0 Å². The highest BCUT2D eigenvalue weighted by atomic mass is 16.5. The first-order chi connectivity index (χ1) is 6.52. The van der Waals surface area contributed by atoms with E-state index in [0.717, 1.165) is 6.42 Å². The van der Waals surface area contributed by atoms with Crippen molar-refractivity contribution >= 4 is 5.91 Å². The minimum Gasteiger partial charge on any atom is -0.381 e. The predicted octanol–water partition coefficient (Wildman–Crippen LogP) is 0.830.